The molecular formula is C8H14O3. The lowest BCUT2D eigenvalue weighted by Crippen LogP contribution is -2.15. The number of hydrogen-bond donors (Lipinski definition) is 1. The molecule has 1 aliphatic heterocycles. The van der Waals surface area contributed by atoms with Crippen molar-refractivity contribution in [2.45, 2.75) is 32.5 Å². The van der Waals surface area contributed by atoms with Gasteiger partial charge in [-0.3, -0.25) is 0 Å². The van der Waals surface area contributed by atoms with Crippen LogP contribution in [0.25, 0.3) is 0 Å². The Morgan fingerprint density at radius 3 is 2.91 bits per heavy atom. The van der Waals surface area contributed by atoms with Crippen molar-refractivity contribution < 1.29 is 14.6 Å². The molecule has 0 saturated carbocycles. The van der Waals surface area contributed by atoms with Gasteiger partial charge in [0.2, 0.25) is 0 Å². The van der Waals surface area contributed by atoms with E-state index in [4.69, 9.17) is 9.84 Å². The minimum atomic E-state index is -0.630. The Kier molecular flexibility index (Phi) is 3.02. The summed E-state index contributed by atoms with van der Waals surface area (Å²) in [4.78, 5) is 10.6. The number of carbonyl (C=O) groups excluding carboxylic acids is 1. The van der Waals surface area contributed by atoms with Crippen LogP contribution in [-0.4, -0.2) is 23.8 Å². The van der Waals surface area contributed by atoms with Crippen LogP contribution < -0.4 is 0 Å². The molecule has 1 fully saturated rings. The Morgan fingerprint density at radius 2 is 2.45 bits per heavy atom. The molecule has 0 aliphatic carbocycles. The van der Waals surface area contributed by atoms with Crippen LogP contribution in [0, 0.1) is 5.92 Å². The lowest BCUT2D eigenvalue weighted by atomic mass is 10.0. The minimum Gasteiger partial charge on any atom is -0.368 e. The van der Waals surface area contributed by atoms with Gasteiger partial charge in [0.15, 0.2) is 6.29 Å². The number of rotatable bonds is 3. The molecular weight excluding hydrogens is 144 g/mol. The summed E-state index contributed by atoms with van der Waals surface area (Å²) in [6, 6.07) is 0. The predicted octanol–water partition coefficient (Wildman–Crippen LogP) is 0.710. The van der Waals surface area contributed by atoms with E-state index in [1.165, 1.54) is 0 Å². The van der Waals surface area contributed by atoms with Crippen molar-refractivity contribution in [3.05, 3.63) is 0 Å². The number of carbonyl (C=O) groups is 1. The molecule has 11 heavy (non-hydrogen) atoms. The van der Waals surface area contributed by atoms with E-state index in [1.54, 1.807) is 6.92 Å². The van der Waals surface area contributed by atoms with Gasteiger partial charge < -0.3 is 14.6 Å². The van der Waals surface area contributed by atoms with E-state index in [2.05, 4.69) is 0 Å². The van der Waals surface area contributed by atoms with Crippen LogP contribution in [-0.2, 0) is 9.53 Å². The molecule has 0 aromatic rings. The van der Waals surface area contributed by atoms with E-state index >= 15 is 0 Å². The third kappa shape index (κ3) is 2.60. The van der Waals surface area contributed by atoms with Gasteiger partial charge in [0.05, 0.1) is 6.61 Å². The molecule has 3 heteroatoms. The van der Waals surface area contributed by atoms with Gasteiger partial charge in [-0.1, -0.05) is 0 Å². The van der Waals surface area contributed by atoms with Crippen LogP contribution in [0.1, 0.15) is 26.2 Å². The Bertz CT molecular complexity index is 144. The predicted molar refractivity (Wildman–Crippen MR) is 40.0 cm³/mol. The number of aliphatic hydroxyl groups excluding tert-OH is 1. The summed E-state index contributed by atoms with van der Waals surface area (Å²) in [5.41, 5.74) is 0. The van der Waals surface area contributed by atoms with E-state index in [0.29, 0.717) is 13.0 Å². The van der Waals surface area contributed by atoms with Crippen molar-refractivity contribution in [1.82, 2.24) is 0 Å². The van der Waals surface area contributed by atoms with Crippen LogP contribution in [0.3, 0.4) is 0 Å². The second-order valence-corrected chi connectivity index (χ2v) is 3.05. The van der Waals surface area contributed by atoms with Crippen LogP contribution in [0.15, 0.2) is 0 Å². The summed E-state index contributed by atoms with van der Waals surface area (Å²) in [5, 5.41) is 9.17. The monoisotopic (exact) mass is 158 g/mol. The topological polar surface area (TPSA) is 46.5 Å². The highest BCUT2D eigenvalue weighted by Crippen LogP contribution is 2.23. The minimum absolute atomic E-state index is 0.180. The highest BCUT2D eigenvalue weighted by atomic mass is 16.6. The third-order valence-corrected chi connectivity index (χ3v) is 2.05. The van der Waals surface area contributed by atoms with Crippen LogP contribution in [0.4, 0.5) is 0 Å². The van der Waals surface area contributed by atoms with E-state index in [-0.39, 0.29) is 11.7 Å². The largest absolute Gasteiger partial charge is 0.368 e. The molecule has 0 spiro atoms. The lowest BCUT2D eigenvalue weighted by molar-refractivity contribution is -0.118. The van der Waals surface area contributed by atoms with E-state index < -0.39 is 6.29 Å². The van der Waals surface area contributed by atoms with Gasteiger partial charge in [-0.15, -0.1) is 0 Å². The Balaban J connectivity index is 2.20. The van der Waals surface area contributed by atoms with Gasteiger partial charge in [-0.05, 0) is 19.8 Å². The number of ether oxygens (including phenoxy) is 1. The summed E-state index contributed by atoms with van der Waals surface area (Å²) in [6.45, 7) is 2.20. The first-order valence-electron chi connectivity index (χ1n) is 3.99. The van der Waals surface area contributed by atoms with Gasteiger partial charge in [0.1, 0.15) is 5.78 Å². The zero-order chi connectivity index (χ0) is 8.27. The fourth-order valence-electron chi connectivity index (χ4n) is 1.29. The first kappa shape index (κ1) is 8.68. The normalized spacial score (nSPS) is 30.7. The standard InChI is InChI=1S/C8H14O3/c1-6(9)2-3-7-4-5-11-8(7)10/h7-8,10H,2-5H2,1H3. The zero-order valence-electron chi connectivity index (χ0n) is 6.75. The summed E-state index contributed by atoms with van der Waals surface area (Å²) >= 11 is 0. The molecule has 0 amide bonds. The summed E-state index contributed by atoms with van der Waals surface area (Å²) in [6.07, 6.45) is 1.57. The van der Waals surface area contributed by atoms with Gasteiger partial charge >= 0.3 is 0 Å². The Hall–Kier alpha value is -0.410. The third-order valence-electron chi connectivity index (χ3n) is 2.05. The number of aliphatic hydroxyl groups is 1. The van der Waals surface area contributed by atoms with Crippen LogP contribution in [0.2, 0.25) is 0 Å². The van der Waals surface area contributed by atoms with E-state index in [0.717, 1.165) is 12.8 Å². The maximum atomic E-state index is 10.6. The molecule has 2 unspecified atom stereocenters. The molecule has 64 valence electrons. The average Bonchev–Trinajstić information content (AvgIpc) is 2.31. The van der Waals surface area contributed by atoms with Crippen molar-refractivity contribution in [2.75, 3.05) is 6.61 Å². The zero-order valence-corrected chi connectivity index (χ0v) is 6.75. The average molecular weight is 158 g/mol. The summed E-state index contributed by atoms with van der Waals surface area (Å²) < 4.78 is 4.94. The molecule has 0 aromatic carbocycles. The first-order valence-corrected chi connectivity index (χ1v) is 3.99. The van der Waals surface area contributed by atoms with E-state index in [9.17, 15) is 4.79 Å². The van der Waals surface area contributed by atoms with Crippen molar-refractivity contribution >= 4 is 5.78 Å². The SMILES string of the molecule is CC(=O)CCC1CCOC1O. The molecule has 1 saturated heterocycles. The van der Waals surface area contributed by atoms with Crippen molar-refractivity contribution in [2.24, 2.45) is 5.92 Å². The quantitative estimate of drug-likeness (QED) is 0.658. The highest BCUT2D eigenvalue weighted by molar-refractivity contribution is 5.75. The number of ketones is 1. The maximum Gasteiger partial charge on any atom is 0.157 e. The molecule has 2 atom stereocenters. The van der Waals surface area contributed by atoms with Crippen LogP contribution in [0.5, 0.6) is 0 Å². The fourth-order valence-corrected chi connectivity index (χ4v) is 1.29. The Morgan fingerprint density at radius 1 is 1.73 bits per heavy atom. The van der Waals surface area contributed by atoms with Gasteiger partial charge in [-0.2, -0.15) is 0 Å². The summed E-state index contributed by atoms with van der Waals surface area (Å²) in [5.74, 6) is 0.364. The molecule has 3 nitrogen and oxygen atoms in total. The fraction of sp³-hybridized carbons (Fsp3) is 0.875. The van der Waals surface area contributed by atoms with Crippen LogP contribution >= 0.6 is 0 Å². The number of hydrogen-bond acceptors (Lipinski definition) is 3. The van der Waals surface area contributed by atoms with Gasteiger partial charge in [-0.25, -0.2) is 0 Å². The summed E-state index contributed by atoms with van der Waals surface area (Å²) in [7, 11) is 0. The second kappa shape index (κ2) is 3.83. The molecule has 1 N–H and O–H groups in total. The molecule has 0 radical (unpaired) electrons. The second-order valence-electron chi connectivity index (χ2n) is 3.05. The van der Waals surface area contributed by atoms with Crippen molar-refractivity contribution in [3.8, 4) is 0 Å². The van der Waals surface area contributed by atoms with Crippen molar-refractivity contribution in [1.29, 1.82) is 0 Å². The molecule has 1 heterocycles. The smallest absolute Gasteiger partial charge is 0.157 e. The van der Waals surface area contributed by atoms with E-state index in [1.807, 2.05) is 0 Å². The van der Waals surface area contributed by atoms with Gasteiger partial charge in [0.25, 0.3) is 0 Å². The highest BCUT2D eigenvalue weighted by Gasteiger charge is 2.25. The maximum absolute atomic E-state index is 10.6. The molecule has 0 aromatic heterocycles. The lowest BCUT2D eigenvalue weighted by Gasteiger charge is -2.10. The molecule has 1 rings (SSSR count). The first-order chi connectivity index (χ1) is 5.20. The van der Waals surface area contributed by atoms with Gasteiger partial charge in [0, 0.05) is 12.3 Å². The molecule has 0 bridgehead atoms. The molecule has 1 aliphatic rings. The van der Waals surface area contributed by atoms with Crippen molar-refractivity contribution in [3.63, 3.8) is 0 Å². The Labute approximate surface area is 66.4 Å². The number of Topliss-reactive ketones (excluding diaryl/α,β-unsaturated/α-hetero) is 1.